The van der Waals surface area contributed by atoms with E-state index in [-0.39, 0.29) is 24.0 Å². The average Bonchev–Trinajstić information content (AvgIpc) is 3.03. The van der Waals surface area contributed by atoms with Crippen molar-refractivity contribution in [3.63, 3.8) is 0 Å². The van der Waals surface area contributed by atoms with Gasteiger partial charge in [0.1, 0.15) is 0 Å². The number of hydrogen-bond acceptors (Lipinski definition) is 3. The van der Waals surface area contributed by atoms with Crippen molar-refractivity contribution in [1.82, 2.24) is 15.6 Å². The predicted molar refractivity (Wildman–Crippen MR) is 83.2 cm³/mol. The molecule has 1 aromatic rings. The number of nitrogens with one attached hydrogen (secondary N) is 2. The first-order valence-corrected chi connectivity index (χ1v) is 6.51. The maximum atomic E-state index is 4.22. The largest absolute Gasteiger partial charge is 0.356 e. The van der Waals surface area contributed by atoms with Crippen LogP contribution in [0.5, 0.6) is 0 Å². The fraction of sp³-hybridized carbons (Fsp3) is 0.636. The Balaban J connectivity index is 0.00000144. The van der Waals surface area contributed by atoms with E-state index < -0.39 is 0 Å². The summed E-state index contributed by atoms with van der Waals surface area (Å²) in [6.07, 6.45) is 2.72. The van der Waals surface area contributed by atoms with Crippen LogP contribution in [0.1, 0.15) is 23.4 Å². The molecule has 1 heterocycles. The highest BCUT2D eigenvalue weighted by Gasteiger charge is 2.21. The molecular formula is C11H19IN4S. The molecule has 6 heteroatoms. The zero-order chi connectivity index (χ0) is 11.4. The molecule has 2 N–H and O–H groups in total. The molecule has 1 aliphatic rings. The molecule has 0 aliphatic heterocycles. The summed E-state index contributed by atoms with van der Waals surface area (Å²) < 4.78 is 0. The molecule has 4 nitrogen and oxygen atoms in total. The van der Waals surface area contributed by atoms with E-state index in [1.807, 2.05) is 19.5 Å². The van der Waals surface area contributed by atoms with Crippen molar-refractivity contribution in [2.75, 3.05) is 13.6 Å². The predicted octanol–water partition coefficient (Wildman–Crippen LogP) is 2.14. The van der Waals surface area contributed by atoms with E-state index in [1.165, 1.54) is 17.7 Å². The van der Waals surface area contributed by atoms with Gasteiger partial charge in [-0.3, -0.25) is 4.99 Å². The topological polar surface area (TPSA) is 49.3 Å². The van der Waals surface area contributed by atoms with Crippen LogP contribution in [0.25, 0.3) is 0 Å². The molecule has 1 saturated carbocycles. The Hall–Kier alpha value is -0.370. The van der Waals surface area contributed by atoms with Crippen LogP contribution in [0.2, 0.25) is 0 Å². The molecule has 0 unspecified atom stereocenters. The third-order valence-electron chi connectivity index (χ3n) is 2.74. The lowest BCUT2D eigenvalue weighted by molar-refractivity contribution is 0.738. The van der Waals surface area contributed by atoms with E-state index >= 15 is 0 Å². The van der Waals surface area contributed by atoms with Gasteiger partial charge in [0.25, 0.3) is 0 Å². The molecule has 0 saturated heterocycles. The first-order valence-electron chi connectivity index (χ1n) is 5.63. The molecule has 0 spiro atoms. The van der Waals surface area contributed by atoms with Crippen LogP contribution in [0.3, 0.4) is 0 Å². The van der Waals surface area contributed by atoms with Gasteiger partial charge in [-0.05, 0) is 25.7 Å². The van der Waals surface area contributed by atoms with Gasteiger partial charge in [0.15, 0.2) is 5.96 Å². The highest BCUT2D eigenvalue weighted by atomic mass is 127. The molecule has 1 aliphatic carbocycles. The van der Waals surface area contributed by atoms with Crippen molar-refractivity contribution in [2.45, 2.75) is 26.3 Å². The van der Waals surface area contributed by atoms with E-state index in [9.17, 15) is 0 Å². The Labute approximate surface area is 123 Å². The fourth-order valence-electron chi connectivity index (χ4n) is 1.44. The maximum Gasteiger partial charge on any atom is 0.191 e. The van der Waals surface area contributed by atoms with Crippen LogP contribution >= 0.6 is 35.3 Å². The molecular weight excluding hydrogens is 347 g/mol. The Morgan fingerprint density at radius 2 is 2.29 bits per heavy atom. The zero-order valence-electron chi connectivity index (χ0n) is 10.2. The second-order valence-corrected chi connectivity index (χ2v) is 5.05. The van der Waals surface area contributed by atoms with Crippen LogP contribution in [0.15, 0.2) is 10.5 Å². The molecule has 0 atom stereocenters. The molecule has 1 fully saturated rings. The van der Waals surface area contributed by atoms with Gasteiger partial charge in [-0.25, -0.2) is 4.98 Å². The van der Waals surface area contributed by atoms with Gasteiger partial charge in [0, 0.05) is 18.5 Å². The normalized spacial score (nSPS) is 15.3. The number of nitrogens with zero attached hydrogens (tertiary/aromatic N) is 2. The standard InChI is InChI=1S/C11H18N4S.HI/c1-8-10(16-7-15-8)6-14-11(12-2)13-5-9-3-4-9;/h7,9H,3-6H2,1-2H3,(H2,12,13,14);1H. The molecule has 96 valence electrons. The Bertz CT molecular complexity index is 373. The lowest BCUT2D eigenvalue weighted by atomic mass is 10.4. The Kier molecular flexibility index (Phi) is 6.18. The number of rotatable bonds is 4. The molecule has 0 radical (unpaired) electrons. The van der Waals surface area contributed by atoms with Crippen molar-refractivity contribution in [3.05, 3.63) is 16.1 Å². The summed E-state index contributed by atoms with van der Waals surface area (Å²) >= 11 is 1.68. The highest BCUT2D eigenvalue weighted by Crippen LogP contribution is 2.27. The number of hydrogen-bond donors (Lipinski definition) is 2. The summed E-state index contributed by atoms with van der Waals surface area (Å²) in [6, 6.07) is 0. The minimum atomic E-state index is 0. The van der Waals surface area contributed by atoms with E-state index in [0.29, 0.717) is 0 Å². The van der Waals surface area contributed by atoms with Gasteiger partial charge in [0.2, 0.25) is 0 Å². The van der Waals surface area contributed by atoms with Gasteiger partial charge in [-0.15, -0.1) is 35.3 Å². The van der Waals surface area contributed by atoms with Crippen molar-refractivity contribution < 1.29 is 0 Å². The number of thiazole rings is 1. The first-order chi connectivity index (χ1) is 7.79. The smallest absolute Gasteiger partial charge is 0.191 e. The molecule has 0 aromatic carbocycles. The van der Waals surface area contributed by atoms with Crippen LogP contribution in [0, 0.1) is 12.8 Å². The summed E-state index contributed by atoms with van der Waals surface area (Å²) in [4.78, 5) is 9.69. The lowest BCUT2D eigenvalue weighted by Gasteiger charge is -2.10. The molecule has 0 amide bonds. The lowest BCUT2D eigenvalue weighted by Crippen LogP contribution is -2.37. The summed E-state index contributed by atoms with van der Waals surface area (Å²) in [5.41, 5.74) is 2.99. The third kappa shape index (κ3) is 4.79. The van der Waals surface area contributed by atoms with Gasteiger partial charge in [-0.1, -0.05) is 0 Å². The van der Waals surface area contributed by atoms with Crippen LogP contribution in [-0.4, -0.2) is 24.5 Å². The van der Waals surface area contributed by atoms with Gasteiger partial charge < -0.3 is 10.6 Å². The highest BCUT2D eigenvalue weighted by molar-refractivity contribution is 14.0. The van der Waals surface area contributed by atoms with Crippen molar-refractivity contribution in [3.8, 4) is 0 Å². The monoisotopic (exact) mass is 366 g/mol. The maximum absolute atomic E-state index is 4.22. The van der Waals surface area contributed by atoms with Gasteiger partial charge >= 0.3 is 0 Å². The van der Waals surface area contributed by atoms with Gasteiger partial charge in [-0.2, -0.15) is 0 Å². The zero-order valence-corrected chi connectivity index (χ0v) is 13.3. The van der Waals surface area contributed by atoms with Crippen molar-refractivity contribution in [2.24, 2.45) is 10.9 Å². The number of aromatic nitrogens is 1. The quantitative estimate of drug-likeness (QED) is 0.488. The van der Waals surface area contributed by atoms with Crippen LogP contribution < -0.4 is 10.6 Å². The first kappa shape index (κ1) is 14.7. The summed E-state index contributed by atoms with van der Waals surface area (Å²) in [5, 5.41) is 6.64. The Morgan fingerprint density at radius 1 is 1.53 bits per heavy atom. The van der Waals surface area contributed by atoms with Crippen molar-refractivity contribution >= 4 is 41.3 Å². The van der Waals surface area contributed by atoms with E-state index in [1.54, 1.807) is 11.3 Å². The molecule has 0 bridgehead atoms. The summed E-state index contributed by atoms with van der Waals surface area (Å²) in [6.45, 7) is 3.89. The van der Waals surface area contributed by atoms with E-state index in [2.05, 4.69) is 20.6 Å². The van der Waals surface area contributed by atoms with E-state index in [4.69, 9.17) is 0 Å². The average molecular weight is 366 g/mol. The third-order valence-corrected chi connectivity index (χ3v) is 3.68. The minimum absolute atomic E-state index is 0. The van der Waals surface area contributed by atoms with Crippen molar-refractivity contribution in [1.29, 1.82) is 0 Å². The second-order valence-electron chi connectivity index (χ2n) is 4.11. The number of guanidine groups is 1. The molecule has 1 aromatic heterocycles. The van der Waals surface area contributed by atoms with Gasteiger partial charge in [0.05, 0.1) is 17.7 Å². The SMILES string of the molecule is CN=C(NCc1scnc1C)NCC1CC1.I. The summed E-state index contributed by atoms with van der Waals surface area (Å²) in [5.74, 6) is 1.75. The van der Waals surface area contributed by atoms with Crippen LogP contribution in [-0.2, 0) is 6.54 Å². The van der Waals surface area contributed by atoms with Crippen LogP contribution in [0.4, 0.5) is 0 Å². The number of aryl methyl sites for hydroxylation is 1. The summed E-state index contributed by atoms with van der Waals surface area (Å²) in [7, 11) is 1.81. The fourth-order valence-corrected chi connectivity index (χ4v) is 2.16. The Morgan fingerprint density at radius 3 is 2.82 bits per heavy atom. The minimum Gasteiger partial charge on any atom is -0.356 e. The van der Waals surface area contributed by atoms with E-state index in [0.717, 1.165) is 30.7 Å². The number of aliphatic imine (C=N–C) groups is 1. The second kappa shape index (κ2) is 7.15. The molecule has 2 rings (SSSR count). The number of halogens is 1. The molecule has 17 heavy (non-hydrogen) atoms.